The molecular weight excluding hydrogens is 376 g/mol. The fourth-order valence-corrected chi connectivity index (χ4v) is 3.60. The molecule has 0 radical (unpaired) electrons. The molecule has 2 aromatic heterocycles. The van der Waals surface area contributed by atoms with Crippen LogP contribution in [0.4, 0.5) is 0 Å². The Balaban J connectivity index is 1.51. The van der Waals surface area contributed by atoms with Crippen LogP contribution in [0.2, 0.25) is 0 Å². The van der Waals surface area contributed by atoms with Gasteiger partial charge in [0, 0.05) is 19.3 Å². The fraction of sp³-hybridized carbons (Fsp3) is 0.208. The molecule has 0 saturated heterocycles. The number of nitrogens with zero attached hydrogens (tertiary/aromatic N) is 3. The van der Waals surface area contributed by atoms with Gasteiger partial charge >= 0.3 is 5.69 Å². The van der Waals surface area contributed by atoms with Crippen LogP contribution in [0.15, 0.2) is 83.8 Å². The topological polar surface area (TPSA) is 68.9 Å². The van der Waals surface area contributed by atoms with Gasteiger partial charge in [0.15, 0.2) is 5.65 Å². The molecule has 1 atom stereocenters. The van der Waals surface area contributed by atoms with Crippen LogP contribution in [0.1, 0.15) is 24.0 Å². The second-order valence-electron chi connectivity index (χ2n) is 7.28. The summed E-state index contributed by atoms with van der Waals surface area (Å²) in [5, 5.41) is 2.94. The molecule has 152 valence electrons. The summed E-state index contributed by atoms with van der Waals surface area (Å²) >= 11 is 0. The molecule has 0 aliphatic heterocycles. The average molecular weight is 400 g/mol. The summed E-state index contributed by atoms with van der Waals surface area (Å²) in [6.07, 6.45) is 1.68. The Kier molecular flexibility index (Phi) is 5.75. The number of nitrogens with one attached hydrogen (secondary N) is 1. The summed E-state index contributed by atoms with van der Waals surface area (Å²) in [4.78, 5) is 30.0. The molecule has 0 spiro atoms. The highest BCUT2D eigenvalue weighted by atomic mass is 16.2. The Labute approximate surface area is 174 Å². The Morgan fingerprint density at radius 1 is 0.967 bits per heavy atom. The van der Waals surface area contributed by atoms with E-state index < -0.39 is 0 Å². The maximum absolute atomic E-state index is 13.1. The molecule has 4 rings (SSSR count). The van der Waals surface area contributed by atoms with Crippen LogP contribution < -0.4 is 11.0 Å². The van der Waals surface area contributed by atoms with Crippen LogP contribution in [-0.4, -0.2) is 26.6 Å². The summed E-state index contributed by atoms with van der Waals surface area (Å²) in [7, 11) is 0. The van der Waals surface area contributed by atoms with Gasteiger partial charge in [0.05, 0.1) is 18.0 Å². The molecule has 0 saturated carbocycles. The van der Waals surface area contributed by atoms with E-state index in [1.165, 1.54) is 0 Å². The van der Waals surface area contributed by atoms with E-state index in [-0.39, 0.29) is 17.5 Å². The van der Waals surface area contributed by atoms with Gasteiger partial charge in [-0.1, -0.05) is 60.7 Å². The van der Waals surface area contributed by atoms with Gasteiger partial charge in [0.25, 0.3) is 0 Å². The van der Waals surface area contributed by atoms with Gasteiger partial charge in [-0.05, 0) is 30.2 Å². The zero-order valence-electron chi connectivity index (χ0n) is 16.9. The molecule has 2 heterocycles. The van der Waals surface area contributed by atoms with Gasteiger partial charge in [-0.3, -0.25) is 13.9 Å². The molecule has 0 aliphatic carbocycles. The molecule has 0 fully saturated rings. The van der Waals surface area contributed by atoms with E-state index in [0.29, 0.717) is 25.3 Å². The first-order chi connectivity index (χ1) is 14.6. The highest BCUT2D eigenvalue weighted by molar-refractivity contribution is 5.83. The lowest BCUT2D eigenvalue weighted by atomic mass is 10.0. The molecular formula is C24H24N4O2. The monoisotopic (exact) mass is 400 g/mol. The average Bonchev–Trinajstić information content (AvgIpc) is 3.06. The third kappa shape index (κ3) is 4.03. The fourth-order valence-electron chi connectivity index (χ4n) is 3.60. The Hall–Kier alpha value is -3.67. The van der Waals surface area contributed by atoms with E-state index in [1.807, 2.05) is 79.7 Å². The normalized spacial score (nSPS) is 12.0. The number of pyridine rings is 1. The van der Waals surface area contributed by atoms with E-state index in [4.69, 9.17) is 0 Å². The van der Waals surface area contributed by atoms with E-state index in [1.54, 1.807) is 15.3 Å². The first kappa shape index (κ1) is 19.6. The van der Waals surface area contributed by atoms with Gasteiger partial charge in [-0.2, -0.15) is 0 Å². The number of hydrogen-bond acceptors (Lipinski definition) is 3. The van der Waals surface area contributed by atoms with Crippen LogP contribution >= 0.6 is 0 Å². The number of benzene rings is 2. The van der Waals surface area contributed by atoms with Gasteiger partial charge in [-0.15, -0.1) is 0 Å². The highest BCUT2D eigenvalue weighted by Gasteiger charge is 2.16. The zero-order valence-corrected chi connectivity index (χ0v) is 16.9. The van der Waals surface area contributed by atoms with Crippen LogP contribution in [0, 0.1) is 0 Å². The predicted molar refractivity (Wildman–Crippen MR) is 117 cm³/mol. The smallest absolute Gasteiger partial charge is 0.330 e. The third-order valence-corrected chi connectivity index (χ3v) is 5.29. The molecule has 0 aliphatic rings. The first-order valence-corrected chi connectivity index (χ1v) is 10.1. The van der Waals surface area contributed by atoms with Crippen molar-refractivity contribution >= 4 is 17.1 Å². The summed E-state index contributed by atoms with van der Waals surface area (Å²) in [5.74, 6) is -0.310. The maximum atomic E-state index is 13.1. The minimum atomic E-state index is -0.250. The molecule has 6 heteroatoms. The number of aromatic nitrogens is 3. The second kappa shape index (κ2) is 8.78. The quantitative estimate of drug-likeness (QED) is 0.518. The number of amides is 1. The number of carbonyl (C=O) groups is 1. The number of hydrogen-bond donors (Lipinski definition) is 1. The van der Waals surface area contributed by atoms with Gasteiger partial charge < -0.3 is 5.32 Å². The van der Waals surface area contributed by atoms with Crippen LogP contribution in [0.25, 0.3) is 11.2 Å². The second-order valence-corrected chi connectivity index (χ2v) is 7.28. The van der Waals surface area contributed by atoms with Crippen molar-refractivity contribution in [3.63, 3.8) is 0 Å². The highest BCUT2D eigenvalue weighted by Crippen LogP contribution is 2.15. The largest absolute Gasteiger partial charge is 0.354 e. The van der Waals surface area contributed by atoms with E-state index in [9.17, 15) is 9.59 Å². The lowest BCUT2D eigenvalue weighted by Crippen LogP contribution is -2.34. The number of carbonyl (C=O) groups excluding carboxylic acids is 1. The summed E-state index contributed by atoms with van der Waals surface area (Å²) in [6, 6.07) is 23.3. The molecule has 1 unspecified atom stereocenters. The minimum absolute atomic E-state index is 0.0600. The van der Waals surface area contributed by atoms with Crippen molar-refractivity contribution in [2.75, 3.05) is 6.54 Å². The molecule has 0 bridgehead atoms. The van der Waals surface area contributed by atoms with Gasteiger partial charge in [-0.25, -0.2) is 9.78 Å². The molecule has 2 aromatic carbocycles. The first-order valence-electron chi connectivity index (χ1n) is 10.1. The van der Waals surface area contributed by atoms with E-state index in [0.717, 1.165) is 16.6 Å². The minimum Gasteiger partial charge on any atom is -0.354 e. The summed E-state index contributed by atoms with van der Waals surface area (Å²) in [5.41, 5.74) is 3.30. The molecule has 30 heavy (non-hydrogen) atoms. The SMILES string of the molecule is CC(C(=O)NCCn1c(=O)n(Cc2ccccc2)c2cccnc21)c1ccccc1. The third-order valence-electron chi connectivity index (χ3n) is 5.29. The summed E-state index contributed by atoms with van der Waals surface area (Å²) in [6.45, 7) is 3.08. The Morgan fingerprint density at radius 2 is 1.67 bits per heavy atom. The van der Waals surface area contributed by atoms with Crippen molar-refractivity contribution in [3.8, 4) is 0 Å². The van der Waals surface area contributed by atoms with Crippen molar-refractivity contribution in [1.29, 1.82) is 0 Å². The van der Waals surface area contributed by atoms with Crippen LogP contribution in [-0.2, 0) is 17.9 Å². The number of rotatable bonds is 7. The van der Waals surface area contributed by atoms with E-state index >= 15 is 0 Å². The predicted octanol–water partition coefficient (Wildman–Crippen LogP) is 3.17. The molecule has 6 nitrogen and oxygen atoms in total. The molecule has 1 N–H and O–H groups in total. The number of fused-ring (bicyclic) bond motifs is 1. The molecule has 1 amide bonds. The lowest BCUT2D eigenvalue weighted by Gasteiger charge is -2.12. The summed E-state index contributed by atoms with van der Waals surface area (Å²) < 4.78 is 3.36. The van der Waals surface area contributed by atoms with Crippen molar-refractivity contribution in [1.82, 2.24) is 19.4 Å². The van der Waals surface area contributed by atoms with Crippen molar-refractivity contribution in [3.05, 3.63) is 101 Å². The Morgan fingerprint density at radius 3 is 2.40 bits per heavy atom. The standard InChI is InChI=1S/C24H24N4O2/c1-18(20-11-6-3-7-12-20)23(29)26-15-16-27-22-21(13-8-14-25-22)28(24(27)30)17-19-9-4-2-5-10-19/h2-14,18H,15-17H2,1H3,(H,26,29). The van der Waals surface area contributed by atoms with Crippen LogP contribution in [0.5, 0.6) is 0 Å². The Bertz CT molecular complexity index is 1200. The lowest BCUT2D eigenvalue weighted by molar-refractivity contribution is -0.122. The molecule has 4 aromatic rings. The van der Waals surface area contributed by atoms with Gasteiger partial charge in [0.2, 0.25) is 5.91 Å². The zero-order chi connectivity index (χ0) is 20.9. The van der Waals surface area contributed by atoms with Crippen molar-refractivity contribution < 1.29 is 4.79 Å². The maximum Gasteiger partial charge on any atom is 0.330 e. The number of imidazole rings is 1. The van der Waals surface area contributed by atoms with Crippen molar-refractivity contribution in [2.45, 2.75) is 25.9 Å². The van der Waals surface area contributed by atoms with Gasteiger partial charge in [0.1, 0.15) is 0 Å². The van der Waals surface area contributed by atoms with E-state index in [2.05, 4.69) is 10.3 Å². The van der Waals surface area contributed by atoms with Crippen LogP contribution in [0.3, 0.4) is 0 Å². The van der Waals surface area contributed by atoms with Crippen molar-refractivity contribution in [2.24, 2.45) is 0 Å².